The van der Waals surface area contributed by atoms with Crippen LogP contribution in [0.4, 0.5) is 0 Å². The van der Waals surface area contributed by atoms with Crippen LogP contribution in [0.2, 0.25) is 0 Å². The molecule has 0 saturated carbocycles. The van der Waals surface area contributed by atoms with E-state index in [-0.39, 0.29) is 5.92 Å². The Bertz CT molecular complexity index is 547. The monoisotopic (exact) mass is 258 g/mol. The number of fused-ring (bicyclic) bond motifs is 3. The van der Waals surface area contributed by atoms with Crippen LogP contribution in [0.25, 0.3) is 0 Å². The molecule has 3 heteroatoms. The first kappa shape index (κ1) is 12.3. The third-order valence-corrected chi connectivity index (χ3v) is 4.67. The zero-order valence-electron chi connectivity index (χ0n) is 11.1. The molecule has 3 nitrogen and oxygen atoms in total. The summed E-state index contributed by atoms with van der Waals surface area (Å²) in [6.07, 6.45) is 7.51. The normalized spacial score (nSPS) is 28.4. The van der Waals surface area contributed by atoms with Crippen molar-refractivity contribution in [1.29, 1.82) is 0 Å². The Labute approximate surface area is 112 Å². The minimum absolute atomic E-state index is 0.203. The van der Waals surface area contributed by atoms with Crippen molar-refractivity contribution in [3.05, 3.63) is 41.5 Å². The van der Waals surface area contributed by atoms with Crippen LogP contribution in [0, 0.1) is 5.92 Å². The SMILES string of the molecule is COc1ccc2c(c1)[C@@]1(C(=O)O)CC=CC[C@H]1CC2. The van der Waals surface area contributed by atoms with Gasteiger partial charge in [0.15, 0.2) is 0 Å². The standard InChI is InChI=1S/C16H18O3/c1-19-13-8-6-11-5-7-12-4-2-3-9-16(12,15(17)18)14(11)10-13/h2-3,6,8,10,12H,4-5,7,9H2,1H3,(H,17,18)/t12-,16+/m0/s1. The van der Waals surface area contributed by atoms with E-state index < -0.39 is 11.4 Å². The van der Waals surface area contributed by atoms with Crippen LogP contribution in [0.3, 0.4) is 0 Å². The van der Waals surface area contributed by atoms with Crippen molar-refractivity contribution in [1.82, 2.24) is 0 Å². The predicted octanol–water partition coefficient (Wildman–Crippen LogP) is 2.93. The number of carboxylic acids is 1. The van der Waals surface area contributed by atoms with Crippen LogP contribution < -0.4 is 4.74 Å². The minimum atomic E-state index is -0.753. The van der Waals surface area contributed by atoms with Gasteiger partial charge in [-0.25, -0.2) is 0 Å². The molecule has 1 aromatic carbocycles. The largest absolute Gasteiger partial charge is 0.497 e. The molecule has 0 amide bonds. The van der Waals surface area contributed by atoms with Gasteiger partial charge in [-0.05, 0) is 54.9 Å². The number of ether oxygens (including phenoxy) is 1. The van der Waals surface area contributed by atoms with Crippen LogP contribution >= 0.6 is 0 Å². The molecule has 1 aromatic rings. The molecule has 2 atom stereocenters. The highest BCUT2D eigenvalue weighted by atomic mass is 16.5. The number of hydrogen-bond acceptors (Lipinski definition) is 2. The van der Waals surface area contributed by atoms with E-state index >= 15 is 0 Å². The van der Waals surface area contributed by atoms with Gasteiger partial charge in [-0.3, -0.25) is 4.79 Å². The molecule has 19 heavy (non-hydrogen) atoms. The first-order chi connectivity index (χ1) is 9.18. The highest BCUT2D eigenvalue weighted by Crippen LogP contribution is 2.49. The fraction of sp³-hybridized carbons (Fsp3) is 0.438. The molecule has 0 radical (unpaired) electrons. The molecular formula is C16H18O3. The number of hydrogen-bond donors (Lipinski definition) is 1. The third-order valence-electron chi connectivity index (χ3n) is 4.67. The summed E-state index contributed by atoms with van der Waals surface area (Å²) in [5.41, 5.74) is 1.37. The second-order valence-electron chi connectivity index (χ2n) is 5.45. The third kappa shape index (κ3) is 1.68. The van der Waals surface area contributed by atoms with Crippen molar-refractivity contribution in [3.8, 4) is 5.75 Å². The second-order valence-corrected chi connectivity index (χ2v) is 5.45. The maximum atomic E-state index is 12.0. The van der Waals surface area contributed by atoms with E-state index in [0.717, 1.165) is 36.1 Å². The van der Waals surface area contributed by atoms with E-state index in [9.17, 15) is 9.90 Å². The van der Waals surface area contributed by atoms with Crippen molar-refractivity contribution >= 4 is 5.97 Å². The average molecular weight is 258 g/mol. The highest BCUT2D eigenvalue weighted by Gasteiger charge is 2.50. The Morgan fingerprint density at radius 3 is 3.00 bits per heavy atom. The summed E-state index contributed by atoms with van der Waals surface area (Å²) in [5.74, 6) is 0.250. The van der Waals surface area contributed by atoms with Crippen molar-refractivity contribution in [2.75, 3.05) is 7.11 Å². The quantitative estimate of drug-likeness (QED) is 0.830. The molecule has 1 N–H and O–H groups in total. The first-order valence-electron chi connectivity index (χ1n) is 6.74. The summed E-state index contributed by atoms with van der Waals surface area (Å²) in [5, 5.41) is 9.86. The Kier molecular flexibility index (Phi) is 2.85. The Morgan fingerprint density at radius 1 is 1.42 bits per heavy atom. The zero-order valence-corrected chi connectivity index (χ0v) is 11.1. The number of allylic oxidation sites excluding steroid dienone is 2. The topological polar surface area (TPSA) is 46.5 Å². The summed E-state index contributed by atoms with van der Waals surface area (Å²) in [4.78, 5) is 12.0. The lowest BCUT2D eigenvalue weighted by molar-refractivity contribution is -0.147. The van der Waals surface area contributed by atoms with Gasteiger partial charge >= 0.3 is 5.97 Å². The lowest BCUT2D eigenvalue weighted by Crippen LogP contribution is -2.47. The number of carbonyl (C=O) groups is 1. The van der Waals surface area contributed by atoms with Crippen molar-refractivity contribution < 1.29 is 14.6 Å². The molecule has 2 aliphatic rings. The summed E-state index contributed by atoms with van der Waals surface area (Å²) in [6.45, 7) is 0. The number of carboxylic acid groups (broad SMARTS) is 1. The molecule has 2 aliphatic carbocycles. The van der Waals surface area contributed by atoms with Crippen LogP contribution in [0.5, 0.6) is 5.75 Å². The number of aryl methyl sites for hydroxylation is 1. The lowest BCUT2D eigenvalue weighted by Gasteiger charge is -2.43. The van der Waals surface area contributed by atoms with E-state index in [0.29, 0.717) is 6.42 Å². The van der Waals surface area contributed by atoms with Gasteiger partial charge < -0.3 is 9.84 Å². The van der Waals surface area contributed by atoms with Gasteiger partial charge in [0.2, 0.25) is 0 Å². The smallest absolute Gasteiger partial charge is 0.314 e. The van der Waals surface area contributed by atoms with E-state index in [1.54, 1.807) is 7.11 Å². The Hall–Kier alpha value is -1.77. The Morgan fingerprint density at radius 2 is 2.26 bits per heavy atom. The number of methoxy groups -OCH3 is 1. The molecule has 0 unspecified atom stereocenters. The molecule has 0 aliphatic heterocycles. The van der Waals surface area contributed by atoms with Crippen LogP contribution in [-0.4, -0.2) is 18.2 Å². The molecule has 0 aromatic heterocycles. The van der Waals surface area contributed by atoms with Gasteiger partial charge in [-0.2, -0.15) is 0 Å². The molecule has 0 spiro atoms. The summed E-state index contributed by atoms with van der Waals surface area (Å²) in [6, 6.07) is 5.87. The van der Waals surface area contributed by atoms with Crippen molar-refractivity contribution in [3.63, 3.8) is 0 Å². The van der Waals surface area contributed by atoms with Gasteiger partial charge in [0.1, 0.15) is 5.75 Å². The maximum Gasteiger partial charge on any atom is 0.314 e. The fourth-order valence-corrected chi connectivity index (χ4v) is 3.61. The average Bonchev–Trinajstić information content (AvgIpc) is 2.46. The van der Waals surface area contributed by atoms with Crippen LogP contribution in [0.15, 0.2) is 30.4 Å². The number of aliphatic carboxylic acids is 1. The van der Waals surface area contributed by atoms with E-state index in [4.69, 9.17) is 4.74 Å². The zero-order chi connectivity index (χ0) is 13.5. The molecular weight excluding hydrogens is 240 g/mol. The van der Waals surface area contributed by atoms with Gasteiger partial charge in [-0.1, -0.05) is 18.2 Å². The van der Waals surface area contributed by atoms with E-state index in [1.807, 2.05) is 24.3 Å². The van der Waals surface area contributed by atoms with Gasteiger partial charge in [0.25, 0.3) is 0 Å². The molecule has 0 fully saturated rings. The summed E-state index contributed by atoms with van der Waals surface area (Å²) < 4.78 is 5.27. The van der Waals surface area contributed by atoms with Gasteiger partial charge in [0.05, 0.1) is 12.5 Å². The first-order valence-corrected chi connectivity index (χ1v) is 6.74. The molecule has 0 heterocycles. The highest BCUT2D eigenvalue weighted by molar-refractivity contribution is 5.84. The van der Waals surface area contributed by atoms with Gasteiger partial charge in [-0.15, -0.1) is 0 Å². The molecule has 100 valence electrons. The lowest BCUT2D eigenvalue weighted by atomic mass is 9.59. The summed E-state index contributed by atoms with van der Waals surface area (Å²) in [7, 11) is 1.62. The van der Waals surface area contributed by atoms with Crippen molar-refractivity contribution in [2.45, 2.75) is 31.1 Å². The Balaban J connectivity index is 2.21. The van der Waals surface area contributed by atoms with Crippen LogP contribution in [0.1, 0.15) is 30.4 Å². The minimum Gasteiger partial charge on any atom is -0.497 e. The van der Waals surface area contributed by atoms with Gasteiger partial charge in [0, 0.05) is 0 Å². The fourth-order valence-electron chi connectivity index (χ4n) is 3.61. The molecule has 0 bridgehead atoms. The predicted molar refractivity (Wildman–Crippen MR) is 72.5 cm³/mol. The molecule has 3 rings (SSSR count). The summed E-state index contributed by atoms with van der Waals surface area (Å²) >= 11 is 0. The maximum absolute atomic E-state index is 12.0. The van der Waals surface area contributed by atoms with E-state index in [2.05, 4.69) is 6.08 Å². The van der Waals surface area contributed by atoms with Crippen LogP contribution in [-0.2, 0) is 16.6 Å². The number of benzene rings is 1. The van der Waals surface area contributed by atoms with E-state index in [1.165, 1.54) is 0 Å². The number of rotatable bonds is 2. The van der Waals surface area contributed by atoms with Crippen molar-refractivity contribution in [2.24, 2.45) is 5.92 Å². The second kappa shape index (κ2) is 4.41. The molecule has 0 saturated heterocycles.